The maximum absolute atomic E-state index is 6.18. The zero-order valence-electron chi connectivity index (χ0n) is 14.7. The highest BCUT2D eigenvalue weighted by Gasteiger charge is 2.14. The molecule has 1 aliphatic heterocycles. The molecule has 0 bridgehead atoms. The maximum Gasteiger partial charge on any atom is 0.190 e. The van der Waals surface area contributed by atoms with Crippen molar-refractivity contribution in [3.63, 3.8) is 0 Å². The van der Waals surface area contributed by atoms with Crippen molar-refractivity contribution in [3.05, 3.63) is 34.9 Å². The average molecular weight is 465 g/mol. The van der Waals surface area contributed by atoms with Crippen LogP contribution in [0.2, 0.25) is 5.02 Å². The van der Waals surface area contributed by atoms with E-state index in [2.05, 4.69) is 33.5 Å². The fraction of sp³-hybridized carbons (Fsp3) is 0.611. The van der Waals surface area contributed by atoms with E-state index in [1.54, 1.807) is 0 Å². The molecule has 24 heavy (non-hydrogen) atoms. The van der Waals surface area contributed by atoms with Gasteiger partial charge in [0.1, 0.15) is 0 Å². The van der Waals surface area contributed by atoms with Gasteiger partial charge in [0.15, 0.2) is 5.96 Å². The van der Waals surface area contributed by atoms with Crippen LogP contribution in [0.3, 0.4) is 0 Å². The molecule has 2 N–H and O–H groups in total. The third-order valence-electron chi connectivity index (χ3n) is 4.25. The van der Waals surface area contributed by atoms with Crippen LogP contribution in [0, 0.1) is 5.92 Å². The van der Waals surface area contributed by atoms with Crippen LogP contribution in [-0.2, 0) is 6.42 Å². The Hall–Kier alpha value is -0.530. The summed E-state index contributed by atoms with van der Waals surface area (Å²) in [5.74, 6) is 1.49. The van der Waals surface area contributed by atoms with Crippen LogP contribution in [-0.4, -0.2) is 50.6 Å². The molecule has 0 spiro atoms. The van der Waals surface area contributed by atoms with E-state index in [0.29, 0.717) is 5.92 Å². The lowest BCUT2D eigenvalue weighted by atomic mass is 10.1. The molecule has 0 aliphatic carbocycles. The van der Waals surface area contributed by atoms with E-state index in [9.17, 15) is 0 Å². The van der Waals surface area contributed by atoms with Gasteiger partial charge in [-0.05, 0) is 49.9 Å². The summed E-state index contributed by atoms with van der Waals surface area (Å²) in [7, 11) is 1.82. The van der Waals surface area contributed by atoms with Crippen LogP contribution in [0.25, 0.3) is 0 Å². The normalized spacial score (nSPS) is 16.5. The van der Waals surface area contributed by atoms with Crippen LogP contribution in [0.1, 0.15) is 25.3 Å². The van der Waals surface area contributed by atoms with Gasteiger partial charge in [-0.15, -0.1) is 24.0 Å². The van der Waals surface area contributed by atoms with Crippen LogP contribution in [0.15, 0.2) is 29.3 Å². The molecule has 0 saturated carbocycles. The number of hydrogen-bond donors (Lipinski definition) is 2. The standard InChI is InChI=1S/C18H29ClN4.HI/c1-15(14-23-11-5-6-12-23)13-22-18(20-2)21-10-9-16-7-3-4-8-17(16)19;/h3-4,7-8,15H,5-6,9-14H2,1-2H3,(H2,20,21,22);1H. The largest absolute Gasteiger partial charge is 0.356 e. The lowest BCUT2D eigenvalue weighted by molar-refractivity contribution is 0.287. The Bertz CT molecular complexity index is 504. The highest BCUT2D eigenvalue weighted by molar-refractivity contribution is 14.0. The van der Waals surface area contributed by atoms with Gasteiger partial charge >= 0.3 is 0 Å². The predicted molar refractivity (Wildman–Crippen MR) is 115 cm³/mol. The fourth-order valence-electron chi connectivity index (χ4n) is 2.98. The molecule has 4 nitrogen and oxygen atoms in total. The van der Waals surface area contributed by atoms with Crippen molar-refractivity contribution in [2.24, 2.45) is 10.9 Å². The molecule has 1 fully saturated rings. The van der Waals surface area contributed by atoms with Gasteiger partial charge < -0.3 is 15.5 Å². The molecule has 136 valence electrons. The van der Waals surface area contributed by atoms with Gasteiger partial charge in [-0.3, -0.25) is 4.99 Å². The molecule has 0 aromatic heterocycles. The van der Waals surface area contributed by atoms with Gasteiger partial charge in [0.2, 0.25) is 0 Å². The zero-order valence-corrected chi connectivity index (χ0v) is 17.8. The number of benzene rings is 1. The van der Waals surface area contributed by atoms with E-state index in [4.69, 9.17) is 11.6 Å². The SMILES string of the molecule is CN=C(NCCc1ccccc1Cl)NCC(C)CN1CCCC1.I. The summed E-state index contributed by atoms with van der Waals surface area (Å²) in [6, 6.07) is 7.98. The Morgan fingerprint density at radius 2 is 1.96 bits per heavy atom. The van der Waals surface area contributed by atoms with E-state index in [-0.39, 0.29) is 24.0 Å². The summed E-state index contributed by atoms with van der Waals surface area (Å²) in [5, 5.41) is 7.61. The lowest BCUT2D eigenvalue weighted by Gasteiger charge is -2.21. The van der Waals surface area contributed by atoms with Crippen LogP contribution in [0.5, 0.6) is 0 Å². The van der Waals surface area contributed by atoms with Crippen molar-refractivity contribution in [1.29, 1.82) is 0 Å². The smallest absolute Gasteiger partial charge is 0.190 e. The number of hydrogen-bond acceptors (Lipinski definition) is 2. The quantitative estimate of drug-likeness (QED) is 0.369. The molecule has 1 atom stereocenters. The van der Waals surface area contributed by atoms with Gasteiger partial charge in [-0.1, -0.05) is 36.7 Å². The number of nitrogens with zero attached hydrogens (tertiary/aromatic N) is 2. The summed E-state index contributed by atoms with van der Waals surface area (Å²) < 4.78 is 0. The molecule has 1 heterocycles. The second-order valence-electron chi connectivity index (χ2n) is 6.33. The molecule has 1 unspecified atom stereocenters. The zero-order chi connectivity index (χ0) is 16.5. The van der Waals surface area contributed by atoms with Crippen molar-refractivity contribution in [2.45, 2.75) is 26.2 Å². The van der Waals surface area contributed by atoms with E-state index >= 15 is 0 Å². The van der Waals surface area contributed by atoms with Gasteiger partial charge in [0.25, 0.3) is 0 Å². The van der Waals surface area contributed by atoms with Crippen molar-refractivity contribution >= 4 is 41.5 Å². The van der Waals surface area contributed by atoms with Crippen LogP contribution in [0.4, 0.5) is 0 Å². The molecule has 2 rings (SSSR count). The van der Waals surface area contributed by atoms with E-state index in [1.165, 1.54) is 38.0 Å². The average Bonchev–Trinajstić information content (AvgIpc) is 3.05. The Morgan fingerprint density at radius 3 is 2.62 bits per heavy atom. The van der Waals surface area contributed by atoms with Crippen molar-refractivity contribution in [2.75, 3.05) is 39.8 Å². The molecular weight excluding hydrogens is 435 g/mol. The van der Waals surface area contributed by atoms with Crippen LogP contribution >= 0.6 is 35.6 Å². The van der Waals surface area contributed by atoms with Gasteiger partial charge in [0, 0.05) is 31.7 Å². The molecule has 0 amide bonds. The number of nitrogens with one attached hydrogen (secondary N) is 2. The molecule has 1 saturated heterocycles. The third kappa shape index (κ3) is 7.57. The van der Waals surface area contributed by atoms with Crippen molar-refractivity contribution in [3.8, 4) is 0 Å². The topological polar surface area (TPSA) is 39.7 Å². The molecule has 1 aromatic carbocycles. The minimum Gasteiger partial charge on any atom is -0.356 e. The molecule has 0 radical (unpaired) electrons. The number of aliphatic imine (C=N–C) groups is 1. The van der Waals surface area contributed by atoms with Crippen molar-refractivity contribution < 1.29 is 0 Å². The number of halogens is 2. The first-order chi connectivity index (χ1) is 11.2. The van der Waals surface area contributed by atoms with Gasteiger partial charge in [0.05, 0.1) is 0 Å². The molecule has 1 aromatic rings. The summed E-state index contributed by atoms with van der Waals surface area (Å²) >= 11 is 6.18. The number of guanidine groups is 1. The van der Waals surface area contributed by atoms with Crippen molar-refractivity contribution in [1.82, 2.24) is 15.5 Å². The lowest BCUT2D eigenvalue weighted by Crippen LogP contribution is -2.42. The first-order valence-electron chi connectivity index (χ1n) is 8.59. The first kappa shape index (κ1) is 21.5. The third-order valence-corrected chi connectivity index (χ3v) is 4.62. The molecule has 6 heteroatoms. The maximum atomic E-state index is 6.18. The Morgan fingerprint density at radius 1 is 1.25 bits per heavy atom. The predicted octanol–water partition coefficient (Wildman–Crippen LogP) is 3.40. The summed E-state index contributed by atoms with van der Waals surface area (Å²) in [6.07, 6.45) is 3.60. The Balaban J connectivity index is 0.00000288. The highest BCUT2D eigenvalue weighted by atomic mass is 127. The molecule has 1 aliphatic rings. The first-order valence-corrected chi connectivity index (χ1v) is 8.97. The van der Waals surface area contributed by atoms with E-state index < -0.39 is 0 Å². The van der Waals surface area contributed by atoms with E-state index in [0.717, 1.165) is 30.5 Å². The Kier molecular flexibility index (Phi) is 10.7. The Labute approximate surface area is 168 Å². The monoisotopic (exact) mass is 464 g/mol. The van der Waals surface area contributed by atoms with E-state index in [1.807, 2.05) is 25.2 Å². The summed E-state index contributed by atoms with van der Waals surface area (Å²) in [4.78, 5) is 6.85. The molecular formula is C18H30ClIN4. The summed E-state index contributed by atoms with van der Waals surface area (Å²) in [5.41, 5.74) is 1.17. The second kappa shape index (κ2) is 11.9. The number of likely N-dealkylation sites (tertiary alicyclic amines) is 1. The van der Waals surface area contributed by atoms with Crippen LogP contribution < -0.4 is 10.6 Å². The van der Waals surface area contributed by atoms with Gasteiger partial charge in [-0.2, -0.15) is 0 Å². The van der Waals surface area contributed by atoms with Gasteiger partial charge in [-0.25, -0.2) is 0 Å². The second-order valence-corrected chi connectivity index (χ2v) is 6.74. The highest BCUT2D eigenvalue weighted by Crippen LogP contribution is 2.14. The summed E-state index contributed by atoms with van der Waals surface area (Å²) in [6.45, 7) is 7.75. The minimum absolute atomic E-state index is 0. The number of rotatable bonds is 7. The minimum atomic E-state index is 0. The fourth-order valence-corrected chi connectivity index (χ4v) is 3.21.